The molecule has 1 amide bonds. The fourth-order valence-electron chi connectivity index (χ4n) is 4.55. The molecule has 0 fully saturated rings. The van der Waals surface area contributed by atoms with Crippen molar-refractivity contribution in [2.24, 2.45) is 0 Å². The molecule has 0 aliphatic heterocycles. The Balaban J connectivity index is 2.37. The van der Waals surface area contributed by atoms with Gasteiger partial charge in [-0.1, -0.05) is 6.07 Å². The van der Waals surface area contributed by atoms with E-state index in [4.69, 9.17) is 14.2 Å². The highest BCUT2D eigenvalue weighted by Crippen LogP contribution is 2.50. The second-order valence-electron chi connectivity index (χ2n) is 8.00. The zero-order chi connectivity index (χ0) is 24.8. The normalized spacial score (nSPS) is 14.4. The SMILES string of the molecule is COc1cc2c(c(OC)c1OC)-c1ccc(N(CCO)CCO)c(=O)cc1[C@@H](NC(C)=O)CC2. The number of nitrogens with zero attached hydrogens (tertiary/aromatic N) is 1. The van der Waals surface area contributed by atoms with E-state index in [2.05, 4.69) is 5.32 Å². The Morgan fingerprint density at radius 1 is 1.06 bits per heavy atom. The Morgan fingerprint density at radius 2 is 1.74 bits per heavy atom. The lowest BCUT2D eigenvalue weighted by molar-refractivity contribution is -0.119. The molecule has 184 valence electrons. The van der Waals surface area contributed by atoms with Crippen molar-refractivity contribution < 1.29 is 29.2 Å². The number of aliphatic hydroxyl groups excluding tert-OH is 2. The van der Waals surface area contributed by atoms with Crippen molar-refractivity contribution in [3.05, 3.63) is 45.6 Å². The van der Waals surface area contributed by atoms with Crippen LogP contribution in [0.2, 0.25) is 0 Å². The van der Waals surface area contributed by atoms with Gasteiger partial charge in [-0.15, -0.1) is 0 Å². The van der Waals surface area contributed by atoms with E-state index in [0.717, 1.165) is 16.7 Å². The number of nitrogens with one attached hydrogen (secondary N) is 1. The van der Waals surface area contributed by atoms with Gasteiger partial charge in [0.05, 0.1) is 46.3 Å². The molecule has 9 nitrogen and oxygen atoms in total. The van der Waals surface area contributed by atoms with Gasteiger partial charge in [0, 0.05) is 25.6 Å². The average Bonchev–Trinajstić information content (AvgIpc) is 3.06. The van der Waals surface area contributed by atoms with Gasteiger partial charge in [-0.3, -0.25) is 9.59 Å². The number of carbonyl (C=O) groups excluding carboxylic acids is 1. The van der Waals surface area contributed by atoms with E-state index in [1.54, 1.807) is 25.2 Å². The number of hydrogen-bond acceptors (Lipinski definition) is 8. The topological polar surface area (TPSA) is 118 Å². The lowest BCUT2D eigenvalue weighted by Gasteiger charge is -2.21. The number of ether oxygens (including phenoxy) is 3. The molecule has 0 bridgehead atoms. The third kappa shape index (κ3) is 4.95. The first-order valence-electron chi connectivity index (χ1n) is 11.1. The first-order chi connectivity index (χ1) is 16.4. The Hall–Kier alpha value is -3.30. The Kier molecular flexibility index (Phi) is 8.36. The van der Waals surface area contributed by atoms with Gasteiger partial charge in [-0.05, 0) is 47.7 Å². The number of aryl methyl sites for hydroxylation is 1. The lowest BCUT2D eigenvalue weighted by Crippen LogP contribution is -2.33. The maximum absolute atomic E-state index is 13.3. The van der Waals surface area contributed by atoms with Crippen LogP contribution < -0.4 is 29.9 Å². The second-order valence-corrected chi connectivity index (χ2v) is 8.00. The van der Waals surface area contributed by atoms with E-state index < -0.39 is 6.04 Å². The molecule has 0 spiro atoms. The van der Waals surface area contributed by atoms with E-state index in [9.17, 15) is 19.8 Å². The highest BCUT2D eigenvalue weighted by molar-refractivity contribution is 5.83. The molecule has 1 atom stereocenters. The van der Waals surface area contributed by atoms with Gasteiger partial charge in [-0.25, -0.2) is 0 Å². The highest BCUT2D eigenvalue weighted by atomic mass is 16.5. The van der Waals surface area contributed by atoms with Crippen LogP contribution in [0, 0.1) is 0 Å². The van der Waals surface area contributed by atoms with Crippen molar-refractivity contribution in [1.82, 2.24) is 5.32 Å². The number of amides is 1. The quantitative estimate of drug-likeness (QED) is 0.504. The smallest absolute Gasteiger partial charge is 0.217 e. The fraction of sp³-hybridized carbons (Fsp3) is 0.440. The molecule has 2 aromatic rings. The molecule has 0 saturated heterocycles. The van der Waals surface area contributed by atoms with Crippen molar-refractivity contribution in [3.63, 3.8) is 0 Å². The van der Waals surface area contributed by atoms with Crippen LogP contribution in [0.5, 0.6) is 17.2 Å². The van der Waals surface area contributed by atoms with Crippen LogP contribution in [0.15, 0.2) is 29.1 Å². The summed E-state index contributed by atoms with van der Waals surface area (Å²) in [6, 6.07) is 6.52. The molecule has 1 aliphatic carbocycles. The maximum atomic E-state index is 13.3. The van der Waals surface area contributed by atoms with Crippen LogP contribution in [0.25, 0.3) is 11.1 Å². The number of aliphatic hydroxyl groups is 2. The van der Waals surface area contributed by atoms with E-state index in [1.807, 2.05) is 12.1 Å². The minimum absolute atomic E-state index is 0.167. The van der Waals surface area contributed by atoms with Gasteiger partial charge in [0.2, 0.25) is 17.1 Å². The van der Waals surface area contributed by atoms with E-state index >= 15 is 0 Å². The van der Waals surface area contributed by atoms with Crippen LogP contribution in [-0.2, 0) is 11.2 Å². The van der Waals surface area contributed by atoms with E-state index in [0.29, 0.717) is 41.3 Å². The summed E-state index contributed by atoms with van der Waals surface area (Å²) >= 11 is 0. The highest BCUT2D eigenvalue weighted by Gasteiger charge is 2.29. The van der Waals surface area contributed by atoms with E-state index in [-0.39, 0.29) is 37.6 Å². The third-order valence-electron chi connectivity index (χ3n) is 5.97. The summed E-state index contributed by atoms with van der Waals surface area (Å²) in [6.45, 7) is 1.51. The minimum atomic E-state index is -0.404. The molecule has 0 heterocycles. The van der Waals surface area contributed by atoms with Crippen LogP contribution in [0.1, 0.15) is 30.5 Å². The average molecular weight is 473 g/mol. The summed E-state index contributed by atoms with van der Waals surface area (Å²) in [5.41, 5.74) is 3.15. The molecule has 9 heteroatoms. The van der Waals surface area contributed by atoms with Crippen molar-refractivity contribution in [2.45, 2.75) is 25.8 Å². The molecule has 3 rings (SSSR count). The molecule has 0 aromatic heterocycles. The zero-order valence-electron chi connectivity index (χ0n) is 20.0. The number of benzene rings is 1. The van der Waals surface area contributed by atoms with Crippen LogP contribution >= 0.6 is 0 Å². The molecule has 0 saturated carbocycles. The molecule has 3 N–H and O–H groups in total. The maximum Gasteiger partial charge on any atom is 0.217 e. The monoisotopic (exact) mass is 472 g/mol. The van der Waals surface area contributed by atoms with Crippen molar-refractivity contribution >= 4 is 11.6 Å². The number of methoxy groups -OCH3 is 3. The Bertz CT molecular complexity index is 1100. The van der Waals surface area contributed by atoms with Crippen molar-refractivity contribution in [3.8, 4) is 28.4 Å². The fourth-order valence-corrected chi connectivity index (χ4v) is 4.55. The molecular formula is C25H32N2O7. The molecule has 1 aliphatic rings. The number of fused-ring (bicyclic) bond motifs is 3. The first kappa shape index (κ1) is 25.3. The van der Waals surface area contributed by atoms with Crippen molar-refractivity contribution in [1.29, 1.82) is 0 Å². The predicted molar refractivity (Wildman–Crippen MR) is 129 cm³/mol. The van der Waals surface area contributed by atoms with Gasteiger partial charge in [0.25, 0.3) is 0 Å². The lowest BCUT2D eigenvalue weighted by atomic mass is 9.95. The van der Waals surface area contributed by atoms with Crippen LogP contribution in [0.4, 0.5) is 5.69 Å². The van der Waals surface area contributed by atoms with Gasteiger partial charge in [0.1, 0.15) is 0 Å². The first-order valence-corrected chi connectivity index (χ1v) is 11.1. The van der Waals surface area contributed by atoms with Gasteiger partial charge in [-0.2, -0.15) is 0 Å². The number of anilines is 1. The summed E-state index contributed by atoms with van der Waals surface area (Å²) < 4.78 is 16.9. The van der Waals surface area contributed by atoms with Gasteiger partial charge < -0.3 is 34.6 Å². The standard InChI is InChI=1S/C25H32N2O7/c1-15(30)26-19-7-5-16-13-22(32-2)24(33-3)25(34-4)23(16)17-6-8-20(21(31)14-18(17)19)27(9-11-28)10-12-29/h6,8,13-14,19,28-29H,5,7,9-12H2,1-4H3,(H,26,30)/t19-/m0/s1. The summed E-state index contributed by atoms with van der Waals surface area (Å²) in [5, 5.41) is 21.9. The molecular weight excluding hydrogens is 440 g/mol. The van der Waals surface area contributed by atoms with Crippen LogP contribution in [-0.4, -0.2) is 63.8 Å². The summed E-state index contributed by atoms with van der Waals surface area (Å²) in [7, 11) is 4.64. The molecule has 2 aromatic carbocycles. The van der Waals surface area contributed by atoms with Crippen molar-refractivity contribution in [2.75, 3.05) is 52.5 Å². The number of carbonyl (C=O) groups is 1. The molecule has 0 unspecified atom stereocenters. The largest absolute Gasteiger partial charge is 0.493 e. The Labute approximate surface area is 198 Å². The number of hydrogen-bond donors (Lipinski definition) is 3. The zero-order valence-corrected chi connectivity index (χ0v) is 20.0. The summed E-state index contributed by atoms with van der Waals surface area (Å²) in [6.07, 6.45) is 1.17. The van der Waals surface area contributed by atoms with Crippen LogP contribution in [0.3, 0.4) is 0 Å². The Morgan fingerprint density at radius 3 is 2.29 bits per heavy atom. The minimum Gasteiger partial charge on any atom is -0.493 e. The summed E-state index contributed by atoms with van der Waals surface area (Å²) in [4.78, 5) is 27.0. The predicted octanol–water partition coefficient (Wildman–Crippen LogP) is 1.65. The third-order valence-corrected chi connectivity index (χ3v) is 5.97. The van der Waals surface area contributed by atoms with E-state index in [1.165, 1.54) is 20.1 Å². The molecule has 0 radical (unpaired) electrons. The summed E-state index contributed by atoms with van der Waals surface area (Å²) in [5.74, 6) is 1.24. The number of rotatable bonds is 9. The van der Waals surface area contributed by atoms with Gasteiger partial charge in [0.15, 0.2) is 11.5 Å². The second kappa shape index (κ2) is 11.2. The van der Waals surface area contributed by atoms with Gasteiger partial charge >= 0.3 is 0 Å². The molecule has 34 heavy (non-hydrogen) atoms.